The highest BCUT2D eigenvalue weighted by Crippen LogP contribution is 2.28. The van der Waals surface area contributed by atoms with Crippen LogP contribution in [0.2, 0.25) is 0 Å². The number of carboxylic acid groups (broad SMARTS) is 2. The Hall–Kier alpha value is -1.84. The van der Waals surface area contributed by atoms with Crippen molar-refractivity contribution in [2.45, 2.75) is 89.4 Å². The van der Waals surface area contributed by atoms with Gasteiger partial charge in [0.15, 0.2) is 0 Å². The Morgan fingerprint density at radius 3 is 1.54 bits per heavy atom. The van der Waals surface area contributed by atoms with Crippen molar-refractivity contribution in [1.82, 2.24) is 0 Å². The molecular formula is C22H34O4. The molecule has 2 N–H and O–H groups in total. The van der Waals surface area contributed by atoms with Crippen LogP contribution >= 0.6 is 0 Å². The number of carboxylic acids is 2. The molecule has 0 fully saturated rings. The number of hydrogen-bond acceptors (Lipinski definition) is 2. The maximum atomic E-state index is 10.5. The van der Waals surface area contributed by atoms with E-state index in [-0.39, 0.29) is 12.8 Å². The quantitative estimate of drug-likeness (QED) is 0.353. The van der Waals surface area contributed by atoms with Crippen LogP contribution in [0, 0.1) is 0 Å². The fourth-order valence-electron chi connectivity index (χ4n) is 3.42. The van der Waals surface area contributed by atoms with Gasteiger partial charge in [0.1, 0.15) is 0 Å². The Balaban J connectivity index is 2.25. The van der Waals surface area contributed by atoms with Crippen LogP contribution in [0.15, 0.2) is 30.3 Å². The SMILES string of the molecule is O=C(O)CCCCCCCC(CCCCCCC(=O)O)c1ccccc1. The van der Waals surface area contributed by atoms with Crippen LogP contribution in [0.25, 0.3) is 0 Å². The smallest absolute Gasteiger partial charge is 0.303 e. The van der Waals surface area contributed by atoms with Crippen molar-refractivity contribution in [1.29, 1.82) is 0 Å². The summed E-state index contributed by atoms with van der Waals surface area (Å²) in [6, 6.07) is 10.7. The molecule has 26 heavy (non-hydrogen) atoms. The Labute approximate surface area is 157 Å². The van der Waals surface area contributed by atoms with Crippen molar-refractivity contribution in [3.05, 3.63) is 35.9 Å². The Kier molecular flexibility index (Phi) is 12.2. The predicted molar refractivity (Wildman–Crippen MR) is 104 cm³/mol. The molecule has 146 valence electrons. The van der Waals surface area contributed by atoms with E-state index in [0.717, 1.165) is 51.4 Å². The Morgan fingerprint density at radius 1 is 0.654 bits per heavy atom. The minimum atomic E-state index is -0.699. The molecule has 1 aromatic carbocycles. The zero-order chi connectivity index (χ0) is 19.0. The van der Waals surface area contributed by atoms with Gasteiger partial charge in [-0.2, -0.15) is 0 Å². The normalized spacial score (nSPS) is 12.0. The van der Waals surface area contributed by atoms with Crippen molar-refractivity contribution in [3.8, 4) is 0 Å². The first-order valence-corrected chi connectivity index (χ1v) is 10.1. The van der Waals surface area contributed by atoms with Crippen LogP contribution in [-0.4, -0.2) is 22.2 Å². The van der Waals surface area contributed by atoms with E-state index in [1.165, 1.54) is 24.8 Å². The summed E-state index contributed by atoms with van der Waals surface area (Å²) < 4.78 is 0. The van der Waals surface area contributed by atoms with Gasteiger partial charge in [0.25, 0.3) is 0 Å². The van der Waals surface area contributed by atoms with Gasteiger partial charge in [0.2, 0.25) is 0 Å². The lowest BCUT2D eigenvalue weighted by Gasteiger charge is -2.17. The summed E-state index contributed by atoms with van der Waals surface area (Å²) in [4.78, 5) is 21.0. The summed E-state index contributed by atoms with van der Waals surface area (Å²) in [6.45, 7) is 0. The number of aliphatic carboxylic acids is 2. The van der Waals surface area contributed by atoms with E-state index < -0.39 is 11.9 Å². The topological polar surface area (TPSA) is 74.6 Å². The van der Waals surface area contributed by atoms with Crippen molar-refractivity contribution in [3.63, 3.8) is 0 Å². The third kappa shape index (κ3) is 11.7. The summed E-state index contributed by atoms with van der Waals surface area (Å²) in [7, 11) is 0. The largest absolute Gasteiger partial charge is 0.481 e. The highest BCUT2D eigenvalue weighted by atomic mass is 16.4. The number of hydrogen-bond donors (Lipinski definition) is 2. The van der Waals surface area contributed by atoms with Crippen LogP contribution in [0.4, 0.5) is 0 Å². The van der Waals surface area contributed by atoms with Gasteiger partial charge in [-0.3, -0.25) is 9.59 Å². The van der Waals surface area contributed by atoms with Gasteiger partial charge < -0.3 is 10.2 Å². The fourth-order valence-corrected chi connectivity index (χ4v) is 3.42. The van der Waals surface area contributed by atoms with Gasteiger partial charge >= 0.3 is 11.9 Å². The van der Waals surface area contributed by atoms with E-state index in [1.54, 1.807) is 0 Å². The molecule has 0 aliphatic rings. The second-order valence-electron chi connectivity index (χ2n) is 7.15. The third-order valence-electron chi connectivity index (χ3n) is 4.91. The van der Waals surface area contributed by atoms with E-state index >= 15 is 0 Å². The molecule has 0 saturated heterocycles. The molecule has 0 heterocycles. The number of carbonyl (C=O) groups is 2. The maximum absolute atomic E-state index is 10.5. The van der Waals surface area contributed by atoms with Gasteiger partial charge in [-0.15, -0.1) is 0 Å². The van der Waals surface area contributed by atoms with Gasteiger partial charge in [-0.05, 0) is 37.2 Å². The summed E-state index contributed by atoms with van der Waals surface area (Å²) >= 11 is 0. The van der Waals surface area contributed by atoms with Gasteiger partial charge in [-0.1, -0.05) is 75.3 Å². The second kappa shape index (κ2) is 14.3. The van der Waals surface area contributed by atoms with E-state index in [0.29, 0.717) is 5.92 Å². The molecule has 1 rings (SSSR count). The van der Waals surface area contributed by atoms with Crippen molar-refractivity contribution in [2.24, 2.45) is 0 Å². The summed E-state index contributed by atoms with van der Waals surface area (Å²) in [6.07, 6.45) is 12.2. The van der Waals surface area contributed by atoms with Gasteiger partial charge in [-0.25, -0.2) is 0 Å². The van der Waals surface area contributed by atoms with Gasteiger partial charge in [0, 0.05) is 12.8 Å². The lowest BCUT2D eigenvalue weighted by Crippen LogP contribution is -2.00. The minimum Gasteiger partial charge on any atom is -0.481 e. The lowest BCUT2D eigenvalue weighted by atomic mass is 9.88. The molecule has 0 aliphatic carbocycles. The average Bonchev–Trinajstić information content (AvgIpc) is 2.62. The van der Waals surface area contributed by atoms with Crippen molar-refractivity contribution in [2.75, 3.05) is 0 Å². The van der Waals surface area contributed by atoms with E-state index in [9.17, 15) is 9.59 Å². The summed E-state index contributed by atoms with van der Waals surface area (Å²) in [5.41, 5.74) is 1.41. The summed E-state index contributed by atoms with van der Waals surface area (Å²) in [5.74, 6) is -0.817. The van der Waals surface area contributed by atoms with Crippen LogP contribution in [-0.2, 0) is 9.59 Å². The predicted octanol–water partition coefficient (Wildman–Crippen LogP) is 6.01. The molecule has 0 aromatic heterocycles. The number of rotatable bonds is 16. The van der Waals surface area contributed by atoms with Crippen LogP contribution in [0.1, 0.15) is 95.0 Å². The average molecular weight is 363 g/mol. The highest BCUT2D eigenvalue weighted by Gasteiger charge is 2.11. The van der Waals surface area contributed by atoms with Crippen LogP contribution < -0.4 is 0 Å². The molecule has 1 atom stereocenters. The lowest BCUT2D eigenvalue weighted by molar-refractivity contribution is -0.138. The molecule has 0 bridgehead atoms. The van der Waals surface area contributed by atoms with Crippen LogP contribution in [0.5, 0.6) is 0 Å². The Bertz CT molecular complexity index is 498. The monoisotopic (exact) mass is 362 g/mol. The Morgan fingerprint density at radius 2 is 1.08 bits per heavy atom. The molecule has 1 aromatic rings. The molecule has 0 amide bonds. The minimum absolute atomic E-state index is 0.282. The third-order valence-corrected chi connectivity index (χ3v) is 4.91. The number of benzene rings is 1. The molecule has 0 radical (unpaired) electrons. The molecule has 4 heteroatoms. The molecule has 1 unspecified atom stereocenters. The van der Waals surface area contributed by atoms with E-state index in [4.69, 9.17) is 10.2 Å². The highest BCUT2D eigenvalue weighted by molar-refractivity contribution is 5.66. The first-order valence-electron chi connectivity index (χ1n) is 10.1. The molecule has 0 aliphatic heterocycles. The van der Waals surface area contributed by atoms with Crippen molar-refractivity contribution < 1.29 is 19.8 Å². The fraction of sp³-hybridized carbons (Fsp3) is 0.636. The molecule has 0 saturated carbocycles. The van der Waals surface area contributed by atoms with E-state index in [2.05, 4.69) is 30.3 Å². The zero-order valence-electron chi connectivity index (χ0n) is 15.9. The van der Waals surface area contributed by atoms with E-state index in [1.807, 2.05) is 0 Å². The molecule has 4 nitrogen and oxygen atoms in total. The first kappa shape index (κ1) is 22.2. The molecule has 0 spiro atoms. The summed E-state index contributed by atoms with van der Waals surface area (Å²) in [5, 5.41) is 17.3. The molecular weight excluding hydrogens is 328 g/mol. The zero-order valence-corrected chi connectivity index (χ0v) is 15.9. The first-order chi connectivity index (χ1) is 12.6. The number of unbranched alkanes of at least 4 members (excludes halogenated alkanes) is 7. The van der Waals surface area contributed by atoms with Gasteiger partial charge in [0.05, 0.1) is 0 Å². The van der Waals surface area contributed by atoms with Crippen LogP contribution in [0.3, 0.4) is 0 Å². The maximum Gasteiger partial charge on any atom is 0.303 e. The second-order valence-corrected chi connectivity index (χ2v) is 7.15. The van der Waals surface area contributed by atoms with Crippen molar-refractivity contribution >= 4 is 11.9 Å². The standard InChI is InChI=1S/C22H34O4/c23-21(24)17-11-3-1-2-7-13-19(20-15-9-6-10-16-20)14-8-4-5-12-18-22(25)26/h6,9-10,15-16,19H,1-5,7-8,11-14,17-18H2,(H,23,24)(H,25,26).